The maximum atomic E-state index is 6.12. The molecule has 1 heterocycles. The molecule has 2 aromatic rings. The molecule has 0 saturated heterocycles. The van der Waals surface area contributed by atoms with Crippen LogP contribution in [0.3, 0.4) is 0 Å². The summed E-state index contributed by atoms with van der Waals surface area (Å²) in [5.41, 5.74) is 5.04. The van der Waals surface area contributed by atoms with Crippen LogP contribution in [0.1, 0.15) is 11.1 Å². The van der Waals surface area contributed by atoms with Gasteiger partial charge in [0.25, 0.3) is 0 Å². The van der Waals surface area contributed by atoms with E-state index in [2.05, 4.69) is 16.5 Å². The number of hydrazine groups is 1. The van der Waals surface area contributed by atoms with Crippen molar-refractivity contribution in [3.8, 4) is 5.75 Å². The highest BCUT2D eigenvalue weighted by Crippen LogP contribution is 2.18. The Morgan fingerprint density at radius 3 is 2.90 bits per heavy atom. The highest BCUT2D eigenvalue weighted by Gasteiger charge is 2.11. The Balaban J connectivity index is 2.07. The van der Waals surface area contributed by atoms with Crippen molar-refractivity contribution in [2.24, 2.45) is 5.84 Å². The van der Waals surface area contributed by atoms with E-state index in [9.17, 15) is 0 Å². The molecule has 1 unspecified atom stereocenters. The number of hydrogen-bond donors (Lipinski definition) is 2. The van der Waals surface area contributed by atoms with Gasteiger partial charge in [0.1, 0.15) is 5.75 Å². The van der Waals surface area contributed by atoms with Gasteiger partial charge in [-0.1, -0.05) is 23.7 Å². The molecule has 0 aliphatic carbocycles. The van der Waals surface area contributed by atoms with Gasteiger partial charge in [0.2, 0.25) is 0 Å². The van der Waals surface area contributed by atoms with Crippen LogP contribution in [-0.2, 0) is 12.8 Å². The molecule has 106 valence electrons. The lowest BCUT2D eigenvalue weighted by Gasteiger charge is -2.17. The van der Waals surface area contributed by atoms with Crippen LogP contribution in [0.2, 0.25) is 5.02 Å². The molecule has 1 atom stereocenters. The van der Waals surface area contributed by atoms with Crippen molar-refractivity contribution >= 4 is 11.6 Å². The van der Waals surface area contributed by atoms with Gasteiger partial charge < -0.3 is 4.74 Å². The average Bonchev–Trinajstić information content (AvgIpc) is 2.49. The Morgan fingerprint density at radius 1 is 1.35 bits per heavy atom. The molecule has 0 spiro atoms. The Morgan fingerprint density at radius 2 is 2.20 bits per heavy atom. The lowest BCUT2D eigenvalue weighted by Crippen LogP contribution is -2.38. The van der Waals surface area contributed by atoms with Gasteiger partial charge in [-0.2, -0.15) is 0 Å². The topological polar surface area (TPSA) is 60.2 Å². The van der Waals surface area contributed by atoms with Crippen molar-refractivity contribution in [3.05, 3.63) is 58.9 Å². The Bertz CT molecular complexity index is 562. The molecule has 2 rings (SSSR count). The van der Waals surface area contributed by atoms with Crippen molar-refractivity contribution < 1.29 is 4.74 Å². The smallest absolute Gasteiger partial charge is 0.119 e. The van der Waals surface area contributed by atoms with Crippen LogP contribution in [0.25, 0.3) is 0 Å². The summed E-state index contributed by atoms with van der Waals surface area (Å²) in [6.45, 7) is 0. The van der Waals surface area contributed by atoms with E-state index in [1.165, 1.54) is 0 Å². The van der Waals surface area contributed by atoms with Gasteiger partial charge in [-0.25, -0.2) is 0 Å². The van der Waals surface area contributed by atoms with Gasteiger partial charge in [-0.3, -0.25) is 16.3 Å². The minimum Gasteiger partial charge on any atom is -0.497 e. The fourth-order valence-electron chi connectivity index (χ4n) is 2.11. The second kappa shape index (κ2) is 7.24. The molecule has 0 radical (unpaired) electrons. The number of nitrogens with zero attached hydrogens (tertiary/aromatic N) is 1. The first-order chi connectivity index (χ1) is 9.72. The zero-order valence-electron chi connectivity index (χ0n) is 11.3. The molecule has 4 nitrogen and oxygen atoms in total. The molecular formula is C15H18ClN3O. The maximum absolute atomic E-state index is 6.12. The summed E-state index contributed by atoms with van der Waals surface area (Å²) in [7, 11) is 1.66. The molecule has 0 saturated carbocycles. The first kappa shape index (κ1) is 14.8. The van der Waals surface area contributed by atoms with Crippen LogP contribution in [-0.4, -0.2) is 18.1 Å². The van der Waals surface area contributed by atoms with Gasteiger partial charge in [0.05, 0.1) is 12.1 Å². The van der Waals surface area contributed by atoms with Crippen LogP contribution < -0.4 is 16.0 Å². The van der Waals surface area contributed by atoms with Crippen LogP contribution in [0.4, 0.5) is 0 Å². The van der Waals surface area contributed by atoms with Crippen LogP contribution in [0, 0.1) is 0 Å². The summed E-state index contributed by atoms with van der Waals surface area (Å²) in [6.07, 6.45) is 4.93. The molecule has 1 aromatic carbocycles. The number of pyridine rings is 1. The second-order valence-electron chi connectivity index (χ2n) is 4.59. The third-order valence-electron chi connectivity index (χ3n) is 3.17. The number of benzene rings is 1. The standard InChI is InChI=1S/C15H18ClN3O/c1-20-14-4-2-3-11(8-14)7-13(19-17)9-12-5-6-18-10-15(12)16/h2-6,8,10,13,19H,7,9,17H2,1H3. The van der Waals surface area contributed by atoms with Gasteiger partial charge in [0.15, 0.2) is 0 Å². The zero-order valence-corrected chi connectivity index (χ0v) is 12.1. The second-order valence-corrected chi connectivity index (χ2v) is 5.00. The molecule has 0 aliphatic heterocycles. The highest BCUT2D eigenvalue weighted by atomic mass is 35.5. The minimum absolute atomic E-state index is 0.0991. The Hall–Kier alpha value is -1.62. The number of nitrogens with two attached hydrogens (primary N) is 1. The largest absolute Gasteiger partial charge is 0.497 e. The van der Waals surface area contributed by atoms with E-state index in [1.54, 1.807) is 19.5 Å². The molecule has 3 N–H and O–H groups in total. The molecule has 20 heavy (non-hydrogen) atoms. The Labute approximate surface area is 123 Å². The number of aromatic nitrogens is 1. The Kier molecular flexibility index (Phi) is 5.35. The summed E-state index contributed by atoms with van der Waals surface area (Å²) in [5.74, 6) is 6.50. The number of hydrogen-bond acceptors (Lipinski definition) is 4. The number of ether oxygens (including phenoxy) is 1. The van der Waals surface area contributed by atoms with E-state index in [1.807, 2.05) is 24.3 Å². The van der Waals surface area contributed by atoms with Crippen molar-refractivity contribution in [1.29, 1.82) is 0 Å². The molecule has 0 bridgehead atoms. The molecule has 0 fully saturated rings. The molecular weight excluding hydrogens is 274 g/mol. The van der Waals surface area contributed by atoms with Crippen LogP contribution in [0.15, 0.2) is 42.7 Å². The molecule has 5 heteroatoms. The van der Waals surface area contributed by atoms with Crippen LogP contribution >= 0.6 is 11.6 Å². The molecule has 0 aliphatic rings. The first-order valence-electron chi connectivity index (χ1n) is 6.40. The van der Waals surface area contributed by atoms with E-state index in [-0.39, 0.29) is 6.04 Å². The highest BCUT2D eigenvalue weighted by molar-refractivity contribution is 6.31. The predicted octanol–water partition coefficient (Wildman–Crippen LogP) is 2.36. The first-order valence-corrected chi connectivity index (χ1v) is 6.78. The summed E-state index contributed by atoms with van der Waals surface area (Å²) in [5, 5.41) is 0.665. The lowest BCUT2D eigenvalue weighted by atomic mass is 10.00. The predicted molar refractivity (Wildman–Crippen MR) is 80.8 cm³/mol. The maximum Gasteiger partial charge on any atom is 0.119 e. The lowest BCUT2D eigenvalue weighted by molar-refractivity contribution is 0.413. The minimum atomic E-state index is 0.0991. The van der Waals surface area contributed by atoms with Gasteiger partial charge in [-0.15, -0.1) is 0 Å². The monoisotopic (exact) mass is 291 g/mol. The SMILES string of the molecule is COc1cccc(CC(Cc2ccncc2Cl)NN)c1. The summed E-state index contributed by atoms with van der Waals surface area (Å²) >= 11 is 6.12. The number of nitrogens with one attached hydrogen (secondary N) is 1. The van der Waals surface area contributed by atoms with E-state index in [0.29, 0.717) is 5.02 Å². The summed E-state index contributed by atoms with van der Waals surface area (Å²) < 4.78 is 5.23. The van der Waals surface area contributed by atoms with E-state index in [0.717, 1.165) is 29.7 Å². The zero-order chi connectivity index (χ0) is 14.4. The number of halogens is 1. The fourth-order valence-corrected chi connectivity index (χ4v) is 2.31. The van der Waals surface area contributed by atoms with Gasteiger partial charge >= 0.3 is 0 Å². The third kappa shape index (κ3) is 3.93. The van der Waals surface area contributed by atoms with Crippen LogP contribution in [0.5, 0.6) is 5.75 Å². The van der Waals surface area contributed by atoms with Gasteiger partial charge in [-0.05, 0) is 42.2 Å². The number of methoxy groups -OCH3 is 1. The fraction of sp³-hybridized carbons (Fsp3) is 0.267. The summed E-state index contributed by atoms with van der Waals surface area (Å²) in [4.78, 5) is 3.98. The third-order valence-corrected chi connectivity index (χ3v) is 3.52. The molecule has 1 aromatic heterocycles. The number of rotatable bonds is 6. The van der Waals surface area contributed by atoms with E-state index in [4.69, 9.17) is 22.2 Å². The average molecular weight is 292 g/mol. The van der Waals surface area contributed by atoms with E-state index >= 15 is 0 Å². The van der Waals surface area contributed by atoms with Crippen molar-refractivity contribution in [2.45, 2.75) is 18.9 Å². The van der Waals surface area contributed by atoms with E-state index < -0.39 is 0 Å². The normalized spacial score (nSPS) is 12.2. The van der Waals surface area contributed by atoms with Crippen molar-refractivity contribution in [3.63, 3.8) is 0 Å². The van der Waals surface area contributed by atoms with Crippen molar-refractivity contribution in [1.82, 2.24) is 10.4 Å². The van der Waals surface area contributed by atoms with Crippen molar-refractivity contribution in [2.75, 3.05) is 7.11 Å². The summed E-state index contributed by atoms with van der Waals surface area (Å²) in [6, 6.07) is 9.98. The quantitative estimate of drug-likeness (QED) is 0.634. The molecule has 0 amide bonds. The van der Waals surface area contributed by atoms with Gasteiger partial charge in [0, 0.05) is 18.4 Å².